The van der Waals surface area contributed by atoms with Crippen molar-refractivity contribution in [1.82, 2.24) is 0 Å². The molecule has 1 saturated heterocycles. The van der Waals surface area contributed by atoms with Crippen molar-refractivity contribution in [3.8, 4) is 0 Å². The molecule has 0 N–H and O–H groups in total. The Hall–Kier alpha value is 1.05. The molecule has 3 heteroatoms. The Labute approximate surface area is 362 Å². The van der Waals surface area contributed by atoms with Crippen LogP contribution in [0.15, 0.2) is 0 Å². The fourth-order valence-corrected chi connectivity index (χ4v) is 59.0. The van der Waals surface area contributed by atoms with Gasteiger partial charge in [-0.05, 0) is 0 Å². The molecule has 0 aromatic rings. The van der Waals surface area contributed by atoms with Crippen molar-refractivity contribution >= 4 is 26.5 Å². The molecule has 0 aliphatic carbocycles. The van der Waals surface area contributed by atoms with Crippen LogP contribution in [0.4, 0.5) is 0 Å². The van der Waals surface area contributed by atoms with Gasteiger partial charge in [0.15, 0.2) is 0 Å². The number of hydrogen-bond acceptors (Lipinski definition) is 1. The average Bonchev–Trinajstić information content (AvgIpc) is 3.22. The van der Waals surface area contributed by atoms with Gasteiger partial charge in [-0.1, -0.05) is 0 Å². The van der Waals surface area contributed by atoms with Crippen LogP contribution in [-0.2, 0) is 4.74 Å². The summed E-state index contributed by atoms with van der Waals surface area (Å²) in [6, 6.07) is 0. The van der Waals surface area contributed by atoms with Crippen molar-refractivity contribution < 1.29 is 4.74 Å². The van der Waals surface area contributed by atoms with E-state index in [-0.39, 0.29) is 0 Å². The first-order valence-corrected chi connectivity index (χ1v) is 38.2. The zero-order valence-corrected chi connectivity index (χ0v) is 44.6. The third-order valence-electron chi connectivity index (χ3n) is 15.0. The number of rotatable bonds is 44. The average molecular weight is 909 g/mol. The standard InChI is InChI=1S/C53H110Ge2O/c1-7-13-19-25-31-38-46-54(47-39-32-26-20-14-8-2,48-40-33-27-21-15-9-3)53(45-37-44-52-56-53)55(49-41-34-28-22-16-10-4,50-42-35-29-23-17-11-5)51-43-36-30-24-18-12-6/h7-52H2,1-6H3. The van der Waals surface area contributed by atoms with Gasteiger partial charge in [-0.25, -0.2) is 0 Å². The Balaban J connectivity index is 3.80. The minimum absolute atomic E-state index is 0.449. The molecule has 0 radical (unpaired) electrons. The molecule has 0 aromatic heterocycles. The molecule has 56 heavy (non-hydrogen) atoms. The molecule has 0 atom stereocenters. The van der Waals surface area contributed by atoms with Gasteiger partial charge in [0.1, 0.15) is 0 Å². The first-order chi connectivity index (χ1) is 27.6. The van der Waals surface area contributed by atoms with Gasteiger partial charge in [0.2, 0.25) is 0 Å². The third kappa shape index (κ3) is 23.3. The molecule has 1 aliphatic rings. The van der Waals surface area contributed by atoms with Crippen LogP contribution in [0.5, 0.6) is 0 Å². The zero-order valence-electron chi connectivity index (χ0n) is 40.4. The second kappa shape index (κ2) is 38.9. The van der Waals surface area contributed by atoms with Crippen molar-refractivity contribution in [2.75, 3.05) is 6.61 Å². The fraction of sp³-hybridized carbons (Fsp3) is 1.00. The summed E-state index contributed by atoms with van der Waals surface area (Å²) in [5.41, 5.74) is 0. The molecule has 0 bridgehead atoms. The fourth-order valence-electron chi connectivity index (χ4n) is 11.6. The van der Waals surface area contributed by atoms with Crippen molar-refractivity contribution in [3.05, 3.63) is 0 Å². The summed E-state index contributed by atoms with van der Waals surface area (Å²) >= 11 is -5.08. The molecule has 336 valence electrons. The van der Waals surface area contributed by atoms with Gasteiger partial charge in [-0.3, -0.25) is 0 Å². The molecule has 0 aromatic carbocycles. The Morgan fingerprint density at radius 3 is 0.696 bits per heavy atom. The van der Waals surface area contributed by atoms with Gasteiger partial charge in [0.05, 0.1) is 0 Å². The molecule has 1 rings (SSSR count). The summed E-state index contributed by atoms with van der Waals surface area (Å²) in [5, 5.41) is 10.1. The van der Waals surface area contributed by atoms with Gasteiger partial charge in [0.25, 0.3) is 0 Å². The third-order valence-corrected chi connectivity index (χ3v) is 51.9. The number of unbranched alkanes of at least 4 members (excludes halogenated alkanes) is 30. The van der Waals surface area contributed by atoms with E-state index in [1.807, 2.05) is 0 Å². The molecule has 0 saturated carbocycles. The Morgan fingerprint density at radius 2 is 0.500 bits per heavy atom. The van der Waals surface area contributed by atoms with E-state index in [1.165, 1.54) is 212 Å². The molecule has 1 aliphatic heterocycles. The topological polar surface area (TPSA) is 9.23 Å². The van der Waals surface area contributed by atoms with Gasteiger partial charge in [0, 0.05) is 0 Å². The molecule has 0 spiro atoms. The second-order valence-electron chi connectivity index (χ2n) is 19.8. The SMILES string of the molecule is CCCCCCC[CH2][Ge]([CH2]CCCCCCC)([CH2]CCCCCCC)[C]1([Ge]([CH2]CCCCCCC)([CH2]CCCCCCC)[CH2]CCCCCCC)CCCCO1. The van der Waals surface area contributed by atoms with Crippen LogP contribution in [-0.4, -0.2) is 36.4 Å². The molecule has 1 fully saturated rings. The van der Waals surface area contributed by atoms with Crippen molar-refractivity contribution in [1.29, 1.82) is 0 Å². The van der Waals surface area contributed by atoms with Gasteiger partial charge in [-0.15, -0.1) is 0 Å². The van der Waals surface area contributed by atoms with Gasteiger partial charge >= 0.3 is 365 Å². The summed E-state index contributed by atoms with van der Waals surface area (Å²) in [7, 11) is 0. The van der Waals surface area contributed by atoms with Gasteiger partial charge in [-0.2, -0.15) is 0 Å². The quantitative estimate of drug-likeness (QED) is 0.0437. The predicted molar refractivity (Wildman–Crippen MR) is 263 cm³/mol. The van der Waals surface area contributed by atoms with Crippen LogP contribution in [0.25, 0.3) is 0 Å². The molecule has 0 unspecified atom stereocenters. The maximum absolute atomic E-state index is 8.14. The molecule has 1 nitrogen and oxygen atoms in total. The van der Waals surface area contributed by atoms with Crippen molar-refractivity contribution in [3.63, 3.8) is 0 Å². The predicted octanol–water partition coefficient (Wildman–Crippen LogP) is 20.1. The van der Waals surface area contributed by atoms with E-state index in [1.54, 1.807) is 70.0 Å². The second-order valence-corrected chi connectivity index (χ2v) is 42.4. The molecular weight excluding hydrogens is 798 g/mol. The van der Waals surface area contributed by atoms with Crippen molar-refractivity contribution in [2.45, 2.75) is 327 Å². The maximum atomic E-state index is 8.14. The van der Waals surface area contributed by atoms with E-state index in [2.05, 4.69) is 41.5 Å². The van der Waals surface area contributed by atoms with E-state index in [0.717, 1.165) is 6.61 Å². The van der Waals surface area contributed by atoms with Crippen LogP contribution in [0.2, 0.25) is 31.5 Å². The van der Waals surface area contributed by atoms with E-state index < -0.39 is 26.5 Å². The van der Waals surface area contributed by atoms with Crippen LogP contribution in [0, 0.1) is 0 Å². The van der Waals surface area contributed by atoms with E-state index in [0.29, 0.717) is 3.27 Å². The summed E-state index contributed by atoms with van der Waals surface area (Å²) in [4.78, 5) is 0. The van der Waals surface area contributed by atoms with Crippen LogP contribution >= 0.6 is 0 Å². The molecule has 0 amide bonds. The summed E-state index contributed by atoms with van der Waals surface area (Å²) in [6.45, 7) is 15.5. The monoisotopic (exact) mass is 911 g/mol. The first-order valence-electron chi connectivity index (χ1n) is 27.2. The first kappa shape index (κ1) is 55.1. The number of ether oxygens (including phenoxy) is 1. The van der Waals surface area contributed by atoms with Crippen molar-refractivity contribution in [2.24, 2.45) is 0 Å². The van der Waals surface area contributed by atoms with E-state index >= 15 is 0 Å². The van der Waals surface area contributed by atoms with Gasteiger partial charge < -0.3 is 0 Å². The Morgan fingerprint density at radius 1 is 0.286 bits per heavy atom. The van der Waals surface area contributed by atoms with Crippen LogP contribution < -0.4 is 0 Å². The molecular formula is C53H110Ge2O. The molecule has 1 heterocycles. The zero-order chi connectivity index (χ0) is 40.7. The van der Waals surface area contributed by atoms with Crippen LogP contribution in [0.1, 0.15) is 292 Å². The normalized spacial score (nSPS) is 14.9. The minimum atomic E-state index is -2.54. The summed E-state index contributed by atoms with van der Waals surface area (Å²) in [5.74, 6) is 0. The van der Waals surface area contributed by atoms with Crippen LogP contribution in [0.3, 0.4) is 0 Å². The Bertz CT molecular complexity index is 651. The Kier molecular flexibility index (Phi) is 38.3. The summed E-state index contributed by atoms with van der Waals surface area (Å²) < 4.78 is 8.59. The number of hydrogen-bond donors (Lipinski definition) is 0. The summed E-state index contributed by atoms with van der Waals surface area (Å²) in [6.07, 6.45) is 57.6. The van der Waals surface area contributed by atoms with E-state index in [9.17, 15) is 0 Å². The van der Waals surface area contributed by atoms with E-state index in [4.69, 9.17) is 4.74 Å².